The number of benzene rings is 2. The van der Waals surface area contributed by atoms with Gasteiger partial charge in [-0.2, -0.15) is 0 Å². The van der Waals surface area contributed by atoms with E-state index >= 15 is 0 Å². The van der Waals surface area contributed by atoms with Crippen LogP contribution in [0.1, 0.15) is 32.8 Å². The number of aryl methyl sites for hydroxylation is 1. The number of nitrogens with one attached hydrogen (secondary N) is 2. The summed E-state index contributed by atoms with van der Waals surface area (Å²) in [7, 11) is 0. The van der Waals surface area contributed by atoms with Gasteiger partial charge in [0.1, 0.15) is 5.82 Å². The monoisotopic (exact) mass is 464 g/mol. The number of rotatable bonds is 12. The Labute approximate surface area is 190 Å². The van der Waals surface area contributed by atoms with Gasteiger partial charge < -0.3 is 24.5 Å². The van der Waals surface area contributed by atoms with E-state index in [1.54, 1.807) is 6.07 Å². The number of hydrogen-bond acceptors (Lipinski definition) is 7. The van der Waals surface area contributed by atoms with Gasteiger partial charge in [-0.25, -0.2) is 13.2 Å². The van der Waals surface area contributed by atoms with Crippen LogP contribution in [0.15, 0.2) is 34.7 Å². The van der Waals surface area contributed by atoms with Crippen molar-refractivity contribution in [3.05, 3.63) is 53.3 Å². The van der Waals surface area contributed by atoms with E-state index < -0.39 is 17.5 Å². The van der Waals surface area contributed by atoms with Crippen molar-refractivity contribution in [2.75, 3.05) is 30.4 Å². The second kappa shape index (κ2) is 11.7. The minimum atomic E-state index is -1.18. The zero-order valence-electron chi connectivity index (χ0n) is 18.8. The van der Waals surface area contributed by atoms with Gasteiger partial charge in [-0.1, -0.05) is 18.1 Å². The molecule has 0 spiro atoms. The maximum Gasteiger partial charge on any atom is 0.315 e. The lowest BCUT2D eigenvalue weighted by Gasteiger charge is -2.16. The molecule has 7 nitrogen and oxygen atoms in total. The first-order valence-corrected chi connectivity index (χ1v) is 10.8. The third kappa shape index (κ3) is 6.23. The van der Waals surface area contributed by atoms with Crippen molar-refractivity contribution in [2.45, 2.75) is 39.9 Å². The van der Waals surface area contributed by atoms with E-state index in [0.29, 0.717) is 32.6 Å². The van der Waals surface area contributed by atoms with Gasteiger partial charge in [0.2, 0.25) is 0 Å². The van der Waals surface area contributed by atoms with Crippen LogP contribution in [0.25, 0.3) is 11.5 Å². The molecule has 2 N–H and O–H groups in total. The van der Waals surface area contributed by atoms with Gasteiger partial charge in [0.15, 0.2) is 17.9 Å². The Balaban J connectivity index is 1.79. The van der Waals surface area contributed by atoms with Crippen molar-refractivity contribution < 1.29 is 27.1 Å². The Morgan fingerprint density at radius 3 is 2.39 bits per heavy atom. The summed E-state index contributed by atoms with van der Waals surface area (Å²) in [5, 5.41) is 13.4. The van der Waals surface area contributed by atoms with Crippen LogP contribution >= 0.6 is 0 Å². The molecule has 0 aliphatic heterocycles. The maximum atomic E-state index is 14.7. The summed E-state index contributed by atoms with van der Waals surface area (Å²) >= 11 is 0. The van der Waals surface area contributed by atoms with Crippen LogP contribution in [0.5, 0.6) is 0 Å². The number of ether oxygens (including phenoxy) is 2. The number of anilines is 3. The highest BCUT2D eigenvalue weighted by Gasteiger charge is 2.21. The molecular weight excluding hydrogens is 437 g/mol. The number of nitrogens with zero attached hydrogens (tertiary/aromatic N) is 2. The molecule has 0 amide bonds. The Morgan fingerprint density at radius 1 is 0.970 bits per heavy atom. The van der Waals surface area contributed by atoms with Crippen molar-refractivity contribution in [1.82, 2.24) is 10.2 Å². The van der Waals surface area contributed by atoms with E-state index in [1.807, 2.05) is 20.8 Å². The lowest BCUT2D eigenvalue weighted by molar-refractivity contribution is -0.137. The average Bonchev–Trinajstić information content (AvgIpc) is 3.27. The molecule has 1 heterocycles. The van der Waals surface area contributed by atoms with Crippen LogP contribution in [-0.4, -0.2) is 36.2 Å². The molecule has 178 valence electrons. The summed E-state index contributed by atoms with van der Waals surface area (Å²) in [5.41, 5.74) is 0.561. The zero-order chi connectivity index (χ0) is 23.8. The molecule has 10 heteroatoms. The van der Waals surface area contributed by atoms with Crippen LogP contribution in [0.4, 0.5) is 30.6 Å². The lowest BCUT2D eigenvalue weighted by atomic mass is 10.1. The molecule has 3 rings (SSSR count). The molecule has 0 saturated carbocycles. The average molecular weight is 464 g/mol. The molecule has 1 aromatic heterocycles. The Kier molecular flexibility index (Phi) is 8.67. The molecule has 0 fully saturated rings. The number of hydrogen-bond donors (Lipinski definition) is 2. The van der Waals surface area contributed by atoms with Gasteiger partial charge in [-0.15, -0.1) is 5.10 Å². The SMILES string of the molecule is CCOC(CCNc1nnc(-c2ccc(F)c(F)c2Nc2ccc(CC)cc2F)o1)OCC. The van der Waals surface area contributed by atoms with Crippen LogP contribution in [0.3, 0.4) is 0 Å². The highest BCUT2D eigenvalue weighted by molar-refractivity contribution is 5.78. The van der Waals surface area contributed by atoms with E-state index in [4.69, 9.17) is 13.9 Å². The minimum Gasteiger partial charge on any atom is -0.403 e. The van der Waals surface area contributed by atoms with Gasteiger partial charge in [-0.3, -0.25) is 0 Å². The highest BCUT2D eigenvalue weighted by atomic mass is 19.2. The minimum absolute atomic E-state index is 0.00583. The number of aromatic nitrogens is 2. The van der Waals surface area contributed by atoms with Crippen molar-refractivity contribution in [2.24, 2.45) is 0 Å². The first-order valence-electron chi connectivity index (χ1n) is 10.8. The predicted octanol–water partition coefficient (Wildman–Crippen LogP) is 5.66. The van der Waals surface area contributed by atoms with Crippen LogP contribution in [-0.2, 0) is 15.9 Å². The van der Waals surface area contributed by atoms with Gasteiger partial charge in [0.25, 0.3) is 5.89 Å². The van der Waals surface area contributed by atoms with E-state index in [1.165, 1.54) is 18.2 Å². The van der Waals surface area contributed by atoms with Gasteiger partial charge in [0, 0.05) is 26.2 Å². The van der Waals surface area contributed by atoms with E-state index in [2.05, 4.69) is 20.8 Å². The molecule has 0 atom stereocenters. The fourth-order valence-electron chi connectivity index (χ4n) is 3.15. The van der Waals surface area contributed by atoms with Crippen LogP contribution in [0, 0.1) is 17.5 Å². The third-order valence-electron chi connectivity index (χ3n) is 4.81. The van der Waals surface area contributed by atoms with Crippen molar-refractivity contribution in [1.29, 1.82) is 0 Å². The Morgan fingerprint density at radius 2 is 1.73 bits per heavy atom. The normalized spacial score (nSPS) is 11.2. The molecule has 3 aromatic rings. The van der Waals surface area contributed by atoms with E-state index in [-0.39, 0.29) is 35.1 Å². The summed E-state index contributed by atoms with van der Waals surface area (Å²) in [6.07, 6.45) is 0.806. The third-order valence-corrected chi connectivity index (χ3v) is 4.81. The summed E-state index contributed by atoms with van der Waals surface area (Å²) < 4.78 is 59.6. The largest absolute Gasteiger partial charge is 0.403 e. The van der Waals surface area contributed by atoms with Crippen molar-refractivity contribution in [3.8, 4) is 11.5 Å². The van der Waals surface area contributed by atoms with Gasteiger partial charge >= 0.3 is 6.01 Å². The predicted molar refractivity (Wildman–Crippen MR) is 119 cm³/mol. The smallest absolute Gasteiger partial charge is 0.315 e. The van der Waals surface area contributed by atoms with E-state index in [9.17, 15) is 13.2 Å². The summed E-state index contributed by atoms with van der Waals surface area (Å²) in [5.74, 6) is -2.93. The lowest BCUT2D eigenvalue weighted by Crippen LogP contribution is -2.21. The number of halogens is 3. The molecular formula is C23H27F3N4O3. The Bertz CT molecular complexity index is 1060. The second-order valence-electron chi connectivity index (χ2n) is 7.04. The van der Waals surface area contributed by atoms with Gasteiger partial charge in [-0.05, 0) is 50.1 Å². The zero-order valence-corrected chi connectivity index (χ0v) is 18.8. The van der Waals surface area contributed by atoms with Crippen LogP contribution in [0.2, 0.25) is 0 Å². The van der Waals surface area contributed by atoms with Crippen molar-refractivity contribution >= 4 is 17.4 Å². The fourth-order valence-corrected chi connectivity index (χ4v) is 3.15. The molecule has 0 aliphatic carbocycles. The molecule has 0 unspecified atom stereocenters. The summed E-state index contributed by atoms with van der Waals surface area (Å²) in [6, 6.07) is 6.83. The molecule has 2 aromatic carbocycles. The highest BCUT2D eigenvalue weighted by Crippen LogP contribution is 2.34. The maximum absolute atomic E-state index is 14.7. The van der Waals surface area contributed by atoms with Gasteiger partial charge in [0.05, 0.1) is 16.9 Å². The molecule has 0 radical (unpaired) electrons. The molecule has 0 saturated heterocycles. The Hall–Kier alpha value is -3.11. The van der Waals surface area contributed by atoms with Crippen molar-refractivity contribution in [3.63, 3.8) is 0 Å². The fraction of sp³-hybridized carbons (Fsp3) is 0.391. The van der Waals surface area contributed by atoms with E-state index in [0.717, 1.165) is 11.6 Å². The quantitative estimate of drug-likeness (QED) is 0.335. The summed E-state index contributed by atoms with van der Waals surface area (Å²) in [4.78, 5) is 0. The first-order chi connectivity index (χ1) is 16.0. The molecule has 0 aliphatic rings. The standard InChI is InChI=1S/C23H27F3N4O3/c1-4-14-7-10-18(17(25)13-14)28-21-15(8-9-16(24)20(21)26)22-29-30-23(33-22)27-12-11-19(31-5-2)32-6-3/h7-10,13,19,28H,4-6,11-12H2,1-3H3,(H,27,30). The molecule has 0 bridgehead atoms. The first kappa shape index (κ1) is 24.5. The molecule has 33 heavy (non-hydrogen) atoms. The second-order valence-corrected chi connectivity index (χ2v) is 7.04. The van der Waals surface area contributed by atoms with Crippen LogP contribution < -0.4 is 10.6 Å². The summed E-state index contributed by atoms with van der Waals surface area (Å²) in [6.45, 7) is 7.10. The topological polar surface area (TPSA) is 81.4 Å².